The van der Waals surface area contributed by atoms with Crippen LogP contribution in [-0.2, 0) is 0 Å². The van der Waals surface area contributed by atoms with Gasteiger partial charge >= 0.3 is 6.09 Å². The summed E-state index contributed by atoms with van der Waals surface area (Å²) in [5.41, 5.74) is 2.01. The van der Waals surface area contributed by atoms with Crippen LogP contribution in [-0.4, -0.2) is 75.5 Å². The zero-order valence-electron chi connectivity index (χ0n) is 20.4. The van der Waals surface area contributed by atoms with Gasteiger partial charge in [0.2, 0.25) is 5.95 Å². The number of ether oxygens (including phenoxy) is 3. The van der Waals surface area contributed by atoms with Gasteiger partial charge in [0.1, 0.15) is 11.6 Å². The van der Waals surface area contributed by atoms with Crippen LogP contribution in [0.25, 0.3) is 0 Å². The smallest absolute Gasteiger partial charge is 0.420 e. The summed E-state index contributed by atoms with van der Waals surface area (Å²) in [6.45, 7) is 4.04. The van der Waals surface area contributed by atoms with Crippen LogP contribution >= 0.6 is 0 Å². The first-order valence-electron chi connectivity index (χ1n) is 11.3. The van der Waals surface area contributed by atoms with Crippen LogP contribution in [0.4, 0.5) is 27.9 Å². The highest BCUT2D eigenvalue weighted by molar-refractivity contribution is 5.88. The van der Waals surface area contributed by atoms with Gasteiger partial charge in [0.15, 0.2) is 11.5 Å². The molecule has 1 amide bonds. The molecule has 0 spiro atoms. The first-order chi connectivity index (χ1) is 17.0. The Balaban J connectivity index is 1.45. The highest BCUT2D eigenvalue weighted by atomic mass is 16.6. The van der Waals surface area contributed by atoms with Gasteiger partial charge in [-0.3, -0.25) is 4.90 Å². The molecule has 1 aliphatic heterocycles. The fraction of sp³-hybridized carbons (Fsp3) is 0.320. The number of carbonyl (C=O) groups excluding carboxylic acids is 1. The molecule has 10 nitrogen and oxygen atoms in total. The summed E-state index contributed by atoms with van der Waals surface area (Å²) in [6, 6.07) is 14.8. The molecular formula is C25H30N6O4. The van der Waals surface area contributed by atoms with Crippen LogP contribution in [0.5, 0.6) is 17.2 Å². The molecule has 4 rings (SSSR count). The third-order valence-electron chi connectivity index (χ3n) is 5.80. The number of carbonyl (C=O) groups is 1. The quantitative estimate of drug-likeness (QED) is 0.546. The van der Waals surface area contributed by atoms with Gasteiger partial charge in [-0.25, -0.2) is 9.78 Å². The Kier molecular flexibility index (Phi) is 7.51. The number of aromatic nitrogens is 2. The molecule has 0 radical (unpaired) electrons. The summed E-state index contributed by atoms with van der Waals surface area (Å²) in [7, 11) is 6.76. The van der Waals surface area contributed by atoms with Crippen LogP contribution in [0, 0.1) is 0 Å². The number of hydrogen-bond donors (Lipinski definition) is 1. The van der Waals surface area contributed by atoms with E-state index in [1.165, 1.54) is 19.1 Å². The molecule has 0 unspecified atom stereocenters. The lowest BCUT2D eigenvalue weighted by Gasteiger charge is -2.34. The van der Waals surface area contributed by atoms with Crippen molar-refractivity contribution in [1.29, 1.82) is 0 Å². The molecule has 0 aliphatic carbocycles. The van der Waals surface area contributed by atoms with E-state index in [0.717, 1.165) is 37.6 Å². The second-order valence-corrected chi connectivity index (χ2v) is 8.15. The molecule has 2 aromatic carbocycles. The van der Waals surface area contributed by atoms with E-state index in [2.05, 4.69) is 44.3 Å². The molecule has 184 valence electrons. The molecule has 35 heavy (non-hydrogen) atoms. The Morgan fingerprint density at radius 1 is 1.00 bits per heavy atom. The largest absolute Gasteiger partial charge is 0.497 e. The summed E-state index contributed by atoms with van der Waals surface area (Å²) < 4.78 is 16.0. The van der Waals surface area contributed by atoms with Gasteiger partial charge in [-0.05, 0) is 43.4 Å². The van der Waals surface area contributed by atoms with Gasteiger partial charge < -0.3 is 29.3 Å². The predicted molar refractivity (Wildman–Crippen MR) is 135 cm³/mol. The van der Waals surface area contributed by atoms with Crippen molar-refractivity contribution in [1.82, 2.24) is 14.9 Å². The van der Waals surface area contributed by atoms with Crippen molar-refractivity contribution in [3.63, 3.8) is 0 Å². The average molecular weight is 479 g/mol. The summed E-state index contributed by atoms with van der Waals surface area (Å²) in [4.78, 5) is 27.6. The minimum absolute atomic E-state index is 0.247. The third kappa shape index (κ3) is 5.90. The average Bonchev–Trinajstić information content (AvgIpc) is 2.89. The molecule has 1 aromatic heterocycles. The molecule has 10 heteroatoms. The van der Waals surface area contributed by atoms with E-state index in [1.807, 2.05) is 12.1 Å². The van der Waals surface area contributed by atoms with Crippen LogP contribution in [0.3, 0.4) is 0 Å². The Labute approximate surface area is 205 Å². The molecule has 0 bridgehead atoms. The maximum Gasteiger partial charge on any atom is 0.420 e. The van der Waals surface area contributed by atoms with Crippen molar-refractivity contribution >= 4 is 29.2 Å². The van der Waals surface area contributed by atoms with Crippen molar-refractivity contribution in [3.05, 3.63) is 54.7 Å². The number of likely N-dealkylation sites (N-methyl/N-ethyl adjacent to an activating group) is 1. The number of benzene rings is 2. The Morgan fingerprint density at radius 2 is 1.80 bits per heavy atom. The van der Waals surface area contributed by atoms with E-state index in [0.29, 0.717) is 23.3 Å². The standard InChI is InChI=1S/C25H30N6O4/c1-29-12-14-31(15-13-29)19-7-5-6-18(16-19)27-24-26-11-10-23(28-24)30(2)25(32)35-22-17-20(33-3)8-9-21(22)34-4/h5-11,16-17H,12-15H2,1-4H3,(H,26,27,28). The molecule has 1 N–H and O–H groups in total. The first kappa shape index (κ1) is 24.1. The molecule has 3 aromatic rings. The van der Waals surface area contributed by atoms with Crippen molar-refractivity contribution in [2.75, 3.05) is 69.6 Å². The maximum atomic E-state index is 12.8. The molecule has 1 aliphatic rings. The van der Waals surface area contributed by atoms with Crippen molar-refractivity contribution in [2.45, 2.75) is 0 Å². The van der Waals surface area contributed by atoms with E-state index < -0.39 is 6.09 Å². The van der Waals surface area contributed by atoms with Crippen molar-refractivity contribution < 1.29 is 19.0 Å². The van der Waals surface area contributed by atoms with Crippen LogP contribution in [0.1, 0.15) is 0 Å². The second kappa shape index (κ2) is 10.9. The molecule has 1 saturated heterocycles. The number of methoxy groups -OCH3 is 2. The summed E-state index contributed by atoms with van der Waals surface area (Å²) in [5, 5.41) is 3.23. The predicted octanol–water partition coefficient (Wildman–Crippen LogP) is 3.62. The molecule has 2 heterocycles. The Bertz CT molecular complexity index is 1170. The summed E-state index contributed by atoms with van der Waals surface area (Å²) in [5.74, 6) is 1.96. The minimum Gasteiger partial charge on any atom is -0.497 e. The molecule has 0 atom stereocenters. The second-order valence-electron chi connectivity index (χ2n) is 8.15. The van der Waals surface area contributed by atoms with Gasteiger partial charge in [0.25, 0.3) is 0 Å². The van der Waals surface area contributed by atoms with Gasteiger partial charge in [-0.15, -0.1) is 0 Å². The highest BCUT2D eigenvalue weighted by Gasteiger charge is 2.19. The van der Waals surface area contributed by atoms with Gasteiger partial charge in [-0.1, -0.05) is 6.07 Å². The van der Waals surface area contributed by atoms with Gasteiger partial charge in [0, 0.05) is 56.9 Å². The summed E-state index contributed by atoms with van der Waals surface area (Å²) in [6.07, 6.45) is 0.962. The van der Waals surface area contributed by atoms with E-state index in [-0.39, 0.29) is 5.75 Å². The maximum absolute atomic E-state index is 12.8. The summed E-state index contributed by atoms with van der Waals surface area (Å²) >= 11 is 0. The zero-order chi connectivity index (χ0) is 24.8. The topological polar surface area (TPSA) is 92.3 Å². The minimum atomic E-state index is -0.627. The first-order valence-corrected chi connectivity index (χ1v) is 11.3. The number of piperazine rings is 1. The van der Waals surface area contributed by atoms with E-state index >= 15 is 0 Å². The van der Waals surface area contributed by atoms with Gasteiger partial charge in [0.05, 0.1) is 14.2 Å². The van der Waals surface area contributed by atoms with Crippen molar-refractivity contribution in [2.24, 2.45) is 0 Å². The number of amides is 1. The lowest BCUT2D eigenvalue weighted by molar-refractivity contribution is 0.206. The fourth-order valence-corrected chi connectivity index (χ4v) is 3.69. The van der Waals surface area contributed by atoms with E-state index in [1.54, 1.807) is 37.5 Å². The normalized spacial score (nSPS) is 13.8. The van der Waals surface area contributed by atoms with E-state index in [4.69, 9.17) is 14.2 Å². The van der Waals surface area contributed by atoms with E-state index in [9.17, 15) is 4.79 Å². The number of nitrogens with zero attached hydrogens (tertiary/aromatic N) is 5. The van der Waals surface area contributed by atoms with Crippen LogP contribution in [0.15, 0.2) is 54.7 Å². The fourth-order valence-electron chi connectivity index (χ4n) is 3.69. The molecular weight excluding hydrogens is 448 g/mol. The Morgan fingerprint density at radius 3 is 2.54 bits per heavy atom. The zero-order valence-corrected chi connectivity index (χ0v) is 20.4. The number of anilines is 4. The van der Waals surface area contributed by atoms with Crippen LogP contribution in [0.2, 0.25) is 0 Å². The third-order valence-corrected chi connectivity index (χ3v) is 5.80. The number of nitrogens with one attached hydrogen (secondary N) is 1. The van der Waals surface area contributed by atoms with Gasteiger partial charge in [-0.2, -0.15) is 4.98 Å². The highest BCUT2D eigenvalue weighted by Crippen LogP contribution is 2.32. The number of hydrogen-bond acceptors (Lipinski definition) is 9. The number of rotatable bonds is 7. The monoisotopic (exact) mass is 478 g/mol. The molecule has 0 saturated carbocycles. The Hall–Kier alpha value is -4.05. The van der Waals surface area contributed by atoms with Crippen LogP contribution < -0.4 is 29.3 Å². The lowest BCUT2D eigenvalue weighted by Crippen LogP contribution is -2.44. The molecule has 1 fully saturated rings. The van der Waals surface area contributed by atoms with Crippen molar-refractivity contribution in [3.8, 4) is 17.2 Å². The SMILES string of the molecule is COc1ccc(OC)c(OC(=O)N(C)c2ccnc(Nc3cccc(N4CCN(C)CC4)c3)n2)c1. The lowest BCUT2D eigenvalue weighted by atomic mass is 10.2.